The monoisotopic (exact) mass is 337 g/mol. The van der Waals surface area contributed by atoms with Gasteiger partial charge in [-0.25, -0.2) is 0 Å². The van der Waals surface area contributed by atoms with Crippen LogP contribution in [0.1, 0.15) is 25.8 Å². The van der Waals surface area contributed by atoms with Gasteiger partial charge >= 0.3 is 0 Å². The number of nitrogens with one attached hydrogen (secondary N) is 1. The van der Waals surface area contributed by atoms with Crippen molar-refractivity contribution in [3.05, 3.63) is 46.5 Å². The van der Waals surface area contributed by atoms with E-state index in [1.165, 1.54) is 5.57 Å². The van der Waals surface area contributed by atoms with Gasteiger partial charge in [-0.05, 0) is 31.9 Å². The van der Waals surface area contributed by atoms with Gasteiger partial charge in [0, 0.05) is 11.6 Å². The van der Waals surface area contributed by atoms with Crippen molar-refractivity contribution in [2.75, 3.05) is 19.8 Å². The second-order valence-corrected chi connectivity index (χ2v) is 6.37. The van der Waals surface area contributed by atoms with Gasteiger partial charge in [-0.2, -0.15) is 0 Å². The molecule has 1 heterocycles. The lowest BCUT2D eigenvalue weighted by Crippen LogP contribution is -2.51. The molecule has 0 aliphatic carbocycles. The Morgan fingerprint density at radius 3 is 2.96 bits per heavy atom. The van der Waals surface area contributed by atoms with Crippen molar-refractivity contribution in [3.8, 4) is 0 Å². The molecule has 1 amide bonds. The van der Waals surface area contributed by atoms with Gasteiger partial charge in [-0.3, -0.25) is 4.79 Å². The summed E-state index contributed by atoms with van der Waals surface area (Å²) in [5.41, 5.74) is 2.04. The van der Waals surface area contributed by atoms with Gasteiger partial charge in [0.05, 0.1) is 31.8 Å². The molecule has 1 fully saturated rings. The van der Waals surface area contributed by atoms with Crippen LogP contribution in [-0.4, -0.2) is 37.9 Å². The average molecular weight is 338 g/mol. The molecule has 0 spiro atoms. The second kappa shape index (κ2) is 9.06. The maximum absolute atomic E-state index is 12.3. The fourth-order valence-electron chi connectivity index (χ4n) is 2.46. The van der Waals surface area contributed by atoms with E-state index in [2.05, 4.69) is 5.32 Å². The van der Waals surface area contributed by atoms with Crippen LogP contribution in [-0.2, 0) is 20.7 Å². The lowest BCUT2D eigenvalue weighted by Gasteiger charge is -2.32. The molecule has 1 saturated heterocycles. The quantitative estimate of drug-likeness (QED) is 0.811. The standard InChI is InChI=1S/C18H24ClNO3/c1-13(2)7-10-23-17-8-9-22-12-16(17)20-18(21)11-14-5-3-4-6-15(14)19/h3-7,16-17H,8-12H2,1-2H3,(H,20,21)/t16-,17+/m0/s1. The van der Waals surface area contributed by atoms with Crippen LogP contribution in [0.3, 0.4) is 0 Å². The van der Waals surface area contributed by atoms with Crippen LogP contribution in [0.5, 0.6) is 0 Å². The second-order valence-electron chi connectivity index (χ2n) is 5.96. The summed E-state index contributed by atoms with van der Waals surface area (Å²) in [5.74, 6) is -0.0654. The Kier molecular flexibility index (Phi) is 7.09. The summed E-state index contributed by atoms with van der Waals surface area (Å²) in [6, 6.07) is 7.26. The molecule has 2 atom stereocenters. The highest BCUT2D eigenvalue weighted by Crippen LogP contribution is 2.16. The summed E-state index contributed by atoms with van der Waals surface area (Å²) in [6.45, 7) is 5.78. The molecule has 5 heteroatoms. The van der Waals surface area contributed by atoms with Crippen LogP contribution >= 0.6 is 11.6 Å². The van der Waals surface area contributed by atoms with E-state index in [1.807, 2.05) is 38.1 Å². The first-order valence-electron chi connectivity index (χ1n) is 7.91. The molecule has 1 aromatic rings. The van der Waals surface area contributed by atoms with Crippen LogP contribution in [0.25, 0.3) is 0 Å². The number of hydrogen-bond donors (Lipinski definition) is 1. The molecule has 0 unspecified atom stereocenters. The van der Waals surface area contributed by atoms with Crippen molar-refractivity contribution in [1.29, 1.82) is 0 Å². The zero-order valence-corrected chi connectivity index (χ0v) is 14.4. The van der Waals surface area contributed by atoms with Gasteiger partial charge in [-0.1, -0.05) is 41.4 Å². The van der Waals surface area contributed by atoms with Gasteiger partial charge in [0.15, 0.2) is 0 Å². The average Bonchev–Trinajstić information content (AvgIpc) is 2.51. The summed E-state index contributed by atoms with van der Waals surface area (Å²) < 4.78 is 11.4. The Morgan fingerprint density at radius 2 is 2.22 bits per heavy atom. The fourth-order valence-corrected chi connectivity index (χ4v) is 2.67. The van der Waals surface area contributed by atoms with E-state index in [4.69, 9.17) is 21.1 Å². The van der Waals surface area contributed by atoms with Crippen molar-refractivity contribution < 1.29 is 14.3 Å². The Balaban J connectivity index is 1.89. The minimum Gasteiger partial charge on any atom is -0.379 e. The first-order chi connectivity index (χ1) is 11.1. The van der Waals surface area contributed by atoms with Gasteiger partial charge in [0.1, 0.15) is 0 Å². The molecule has 0 saturated carbocycles. The Bertz CT molecular complexity index is 555. The van der Waals surface area contributed by atoms with E-state index in [1.54, 1.807) is 6.07 Å². The molecule has 0 radical (unpaired) electrons. The highest BCUT2D eigenvalue weighted by atomic mass is 35.5. The number of carbonyl (C=O) groups is 1. The minimum atomic E-state index is -0.121. The predicted molar refractivity (Wildman–Crippen MR) is 91.7 cm³/mol. The van der Waals surface area contributed by atoms with E-state index >= 15 is 0 Å². The van der Waals surface area contributed by atoms with E-state index in [0.717, 1.165) is 12.0 Å². The minimum absolute atomic E-state index is 0.0189. The summed E-state index contributed by atoms with van der Waals surface area (Å²) in [6.07, 6.45) is 3.07. The molecule has 2 rings (SSSR count). The normalized spacial score (nSPS) is 20.8. The highest BCUT2D eigenvalue weighted by Gasteiger charge is 2.27. The van der Waals surface area contributed by atoms with E-state index in [0.29, 0.717) is 24.8 Å². The zero-order valence-electron chi connectivity index (χ0n) is 13.7. The summed E-state index contributed by atoms with van der Waals surface area (Å²) in [5, 5.41) is 3.62. The Labute approximate surface area is 142 Å². The summed E-state index contributed by atoms with van der Waals surface area (Å²) in [7, 11) is 0. The highest BCUT2D eigenvalue weighted by molar-refractivity contribution is 6.31. The summed E-state index contributed by atoms with van der Waals surface area (Å²) >= 11 is 6.10. The summed E-state index contributed by atoms with van der Waals surface area (Å²) in [4.78, 5) is 12.3. The Morgan fingerprint density at radius 1 is 1.43 bits per heavy atom. The van der Waals surface area contributed by atoms with Crippen molar-refractivity contribution >= 4 is 17.5 Å². The third-order valence-electron chi connectivity index (χ3n) is 3.75. The molecule has 23 heavy (non-hydrogen) atoms. The van der Waals surface area contributed by atoms with Crippen LogP contribution in [0.2, 0.25) is 5.02 Å². The van der Waals surface area contributed by atoms with Gasteiger partial charge in [-0.15, -0.1) is 0 Å². The van der Waals surface area contributed by atoms with Crippen molar-refractivity contribution in [1.82, 2.24) is 5.32 Å². The van der Waals surface area contributed by atoms with Crippen LogP contribution < -0.4 is 5.32 Å². The third-order valence-corrected chi connectivity index (χ3v) is 4.12. The maximum atomic E-state index is 12.3. The maximum Gasteiger partial charge on any atom is 0.224 e. The molecule has 4 nitrogen and oxygen atoms in total. The first-order valence-corrected chi connectivity index (χ1v) is 8.29. The molecular weight excluding hydrogens is 314 g/mol. The number of carbonyl (C=O) groups excluding carboxylic acids is 1. The molecule has 0 bridgehead atoms. The topological polar surface area (TPSA) is 47.6 Å². The van der Waals surface area contributed by atoms with E-state index in [9.17, 15) is 4.79 Å². The molecular formula is C18H24ClNO3. The first kappa shape index (κ1) is 18.0. The number of allylic oxidation sites excluding steroid dienone is 1. The van der Waals surface area contributed by atoms with Gasteiger partial charge in [0.2, 0.25) is 5.91 Å². The third kappa shape index (κ3) is 5.98. The molecule has 1 aliphatic rings. The SMILES string of the molecule is CC(C)=CCO[C@@H]1CCOC[C@@H]1NC(=O)Cc1ccccc1Cl. The molecule has 1 aromatic carbocycles. The number of ether oxygens (including phenoxy) is 2. The van der Waals surface area contributed by atoms with Crippen molar-refractivity contribution in [2.24, 2.45) is 0 Å². The van der Waals surface area contributed by atoms with Gasteiger partial charge in [0.25, 0.3) is 0 Å². The lowest BCUT2D eigenvalue weighted by molar-refractivity contribution is -0.125. The molecule has 1 aliphatic heterocycles. The number of halogens is 1. The van der Waals surface area contributed by atoms with Crippen LogP contribution in [0, 0.1) is 0 Å². The van der Waals surface area contributed by atoms with Crippen LogP contribution in [0.15, 0.2) is 35.9 Å². The fraction of sp³-hybridized carbons (Fsp3) is 0.500. The van der Waals surface area contributed by atoms with Crippen molar-refractivity contribution in [3.63, 3.8) is 0 Å². The Hall–Kier alpha value is -1.36. The smallest absolute Gasteiger partial charge is 0.224 e. The lowest BCUT2D eigenvalue weighted by atomic mass is 10.1. The number of benzene rings is 1. The zero-order chi connectivity index (χ0) is 16.7. The van der Waals surface area contributed by atoms with Crippen molar-refractivity contribution in [2.45, 2.75) is 38.8 Å². The largest absolute Gasteiger partial charge is 0.379 e. The number of rotatable bonds is 6. The van der Waals surface area contributed by atoms with E-state index in [-0.39, 0.29) is 24.5 Å². The molecule has 126 valence electrons. The molecule has 0 aromatic heterocycles. The number of hydrogen-bond acceptors (Lipinski definition) is 3. The molecule has 1 N–H and O–H groups in total. The van der Waals surface area contributed by atoms with Crippen LogP contribution in [0.4, 0.5) is 0 Å². The van der Waals surface area contributed by atoms with E-state index < -0.39 is 0 Å². The predicted octanol–water partition coefficient (Wildman–Crippen LogP) is 3.14. The van der Waals surface area contributed by atoms with Gasteiger partial charge < -0.3 is 14.8 Å². The number of amides is 1.